The van der Waals surface area contributed by atoms with Crippen LogP contribution in [0, 0.1) is 5.92 Å². The minimum absolute atomic E-state index is 0.198. The number of nitrogens with one attached hydrogen (secondary N) is 2. The lowest BCUT2D eigenvalue weighted by Crippen LogP contribution is -2.38. The van der Waals surface area contributed by atoms with E-state index in [0.717, 1.165) is 25.8 Å². The van der Waals surface area contributed by atoms with E-state index in [-0.39, 0.29) is 12.1 Å². The highest BCUT2D eigenvalue weighted by Crippen LogP contribution is 2.25. The van der Waals surface area contributed by atoms with Crippen LogP contribution < -0.4 is 10.6 Å². The number of carbonyl (C=O) groups excluding carboxylic acids is 1. The maximum absolute atomic E-state index is 11.7. The average molecular weight is 292 g/mol. The molecule has 21 heavy (non-hydrogen) atoms. The number of hydrogen-bond acceptors (Lipinski definition) is 5. The first-order valence-electron chi connectivity index (χ1n) is 7.43. The van der Waals surface area contributed by atoms with Gasteiger partial charge in [0, 0.05) is 25.0 Å². The average Bonchev–Trinajstić information content (AvgIpc) is 2.83. The van der Waals surface area contributed by atoms with Gasteiger partial charge < -0.3 is 15.4 Å². The van der Waals surface area contributed by atoms with E-state index < -0.39 is 5.60 Å². The number of carbonyl (C=O) groups is 1. The first-order valence-corrected chi connectivity index (χ1v) is 7.43. The standard InChI is InChI=1S/C15H24N4O2/c1-15(2,3)21-14(20)19-12-6-5-11(9-12)10-18-13-16-7-4-8-17-13/h4,7-8,11-12H,5-6,9-10H2,1-3H3,(H,19,20)(H,16,17,18)/t11-,12+/m1/s1. The van der Waals surface area contributed by atoms with E-state index in [2.05, 4.69) is 20.6 Å². The molecule has 1 aliphatic rings. The van der Waals surface area contributed by atoms with Gasteiger partial charge in [-0.1, -0.05) is 0 Å². The summed E-state index contributed by atoms with van der Waals surface area (Å²) in [5.74, 6) is 1.18. The third kappa shape index (κ3) is 5.57. The lowest BCUT2D eigenvalue weighted by atomic mass is 10.1. The second-order valence-electron chi connectivity index (χ2n) is 6.48. The molecule has 0 radical (unpaired) electrons. The van der Waals surface area contributed by atoms with Crippen LogP contribution in [0.15, 0.2) is 18.5 Å². The molecule has 1 amide bonds. The molecular weight excluding hydrogens is 268 g/mol. The molecule has 2 rings (SSSR count). The van der Waals surface area contributed by atoms with Crippen molar-refractivity contribution >= 4 is 12.0 Å². The summed E-state index contributed by atoms with van der Waals surface area (Å²) in [6, 6.07) is 1.99. The lowest BCUT2D eigenvalue weighted by molar-refractivity contribution is 0.0505. The van der Waals surface area contributed by atoms with Gasteiger partial charge in [0.25, 0.3) is 0 Å². The Labute approximate surface area is 125 Å². The summed E-state index contributed by atoms with van der Waals surface area (Å²) in [5, 5.41) is 6.18. The van der Waals surface area contributed by atoms with Crippen molar-refractivity contribution in [2.75, 3.05) is 11.9 Å². The Morgan fingerprint density at radius 1 is 1.33 bits per heavy atom. The van der Waals surface area contributed by atoms with E-state index in [1.54, 1.807) is 18.5 Å². The molecule has 0 unspecified atom stereocenters. The second kappa shape index (κ2) is 6.74. The SMILES string of the molecule is CC(C)(C)OC(=O)N[C@H]1CC[C@@H](CNc2ncccn2)C1. The highest BCUT2D eigenvalue weighted by atomic mass is 16.6. The Morgan fingerprint density at radius 3 is 2.71 bits per heavy atom. The van der Waals surface area contributed by atoms with E-state index in [9.17, 15) is 4.79 Å². The van der Waals surface area contributed by atoms with E-state index in [1.807, 2.05) is 20.8 Å². The molecule has 1 saturated carbocycles. The number of anilines is 1. The summed E-state index contributed by atoms with van der Waals surface area (Å²) < 4.78 is 5.28. The molecular formula is C15H24N4O2. The number of alkyl carbamates (subject to hydrolysis) is 1. The number of rotatable bonds is 4. The van der Waals surface area contributed by atoms with Gasteiger partial charge in [-0.15, -0.1) is 0 Å². The molecule has 0 aromatic carbocycles. The van der Waals surface area contributed by atoms with Gasteiger partial charge in [0.05, 0.1) is 0 Å². The Morgan fingerprint density at radius 2 is 2.05 bits per heavy atom. The molecule has 0 bridgehead atoms. The molecule has 1 aromatic rings. The van der Waals surface area contributed by atoms with E-state index in [1.165, 1.54) is 0 Å². The fraction of sp³-hybridized carbons (Fsp3) is 0.667. The molecule has 116 valence electrons. The van der Waals surface area contributed by atoms with Gasteiger partial charge in [-0.25, -0.2) is 14.8 Å². The maximum atomic E-state index is 11.7. The van der Waals surface area contributed by atoms with Crippen LogP contribution >= 0.6 is 0 Å². The zero-order valence-corrected chi connectivity index (χ0v) is 12.9. The zero-order valence-electron chi connectivity index (χ0n) is 12.9. The van der Waals surface area contributed by atoms with Crippen LogP contribution in [0.25, 0.3) is 0 Å². The summed E-state index contributed by atoms with van der Waals surface area (Å²) in [6.07, 6.45) is 6.14. The molecule has 6 nitrogen and oxygen atoms in total. The molecule has 1 aromatic heterocycles. The van der Waals surface area contributed by atoms with Gasteiger partial charge >= 0.3 is 6.09 Å². The maximum Gasteiger partial charge on any atom is 0.407 e. The molecule has 0 saturated heterocycles. The lowest BCUT2D eigenvalue weighted by Gasteiger charge is -2.21. The molecule has 0 spiro atoms. The van der Waals surface area contributed by atoms with Crippen molar-refractivity contribution in [3.8, 4) is 0 Å². The number of nitrogens with zero attached hydrogens (tertiary/aromatic N) is 2. The third-order valence-electron chi connectivity index (χ3n) is 3.38. The normalized spacial score (nSPS) is 21.9. The van der Waals surface area contributed by atoms with Gasteiger partial charge in [-0.3, -0.25) is 0 Å². The number of ether oxygens (including phenoxy) is 1. The van der Waals surface area contributed by atoms with Crippen molar-refractivity contribution < 1.29 is 9.53 Å². The minimum Gasteiger partial charge on any atom is -0.444 e. The second-order valence-corrected chi connectivity index (χ2v) is 6.48. The van der Waals surface area contributed by atoms with Crippen LogP contribution in [-0.4, -0.2) is 34.2 Å². The van der Waals surface area contributed by atoms with Crippen molar-refractivity contribution in [3.63, 3.8) is 0 Å². The first kappa shape index (κ1) is 15.5. The molecule has 1 fully saturated rings. The Kier molecular flexibility index (Phi) is 4.98. The smallest absolute Gasteiger partial charge is 0.407 e. The molecule has 1 aliphatic carbocycles. The van der Waals surface area contributed by atoms with Crippen LogP contribution in [0.2, 0.25) is 0 Å². The van der Waals surface area contributed by atoms with Gasteiger partial charge in [0.1, 0.15) is 5.60 Å². The van der Waals surface area contributed by atoms with Crippen LogP contribution in [0.1, 0.15) is 40.0 Å². The van der Waals surface area contributed by atoms with Gasteiger partial charge in [-0.2, -0.15) is 0 Å². The van der Waals surface area contributed by atoms with Gasteiger partial charge in [-0.05, 0) is 52.0 Å². The van der Waals surface area contributed by atoms with Crippen molar-refractivity contribution in [2.24, 2.45) is 5.92 Å². The van der Waals surface area contributed by atoms with Gasteiger partial charge in [0.15, 0.2) is 0 Å². The quantitative estimate of drug-likeness (QED) is 0.892. The van der Waals surface area contributed by atoms with E-state index in [4.69, 9.17) is 4.74 Å². The summed E-state index contributed by atoms with van der Waals surface area (Å²) in [6.45, 7) is 6.44. The predicted octanol–water partition coefficient (Wildman–Crippen LogP) is 2.58. The van der Waals surface area contributed by atoms with Crippen molar-refractivity contribution in [3.05, 3.63) is 18.5 Å². The van der Waals surface area contributed by atoms with Crippen molar-refractivity contribution in [1.82, 2.24) is 15.3 Å². The topological polar surface area (TPSA) is 76.1 Å². The van der Waals surface area contributed by atoms with Gasteiger partial charge in [0.2, 0.25) is 5.95 Å². The number of hydrogen-bond donors (Lipinski definition) is 2. The summed E-state index contributed by atoms with van der Waals surface area (Å²) in [4.78, 5) is 20.0. The fourth-order valence-electron chi connectivity index (χ4n) is 2.49. The largest absolute Gasteiger partial charge is 0.444 e. The molecule has 1 heterocycles. The van der Waals surface area contributed by atoms with Crippen LogP contribution in [0.3, 0.4) is 0 Å². The highest BCUT2D eigenvalue weighted by Gasteiger charge is 2.27. The Balaban J connectivity index is 1.70. The van der Waals surface area contributed by atoms with Crippen molar-refractivity contribution in [2.45, 2.75) is 51.7 Å². The molecule has 2 N–H and O–H groups in total. The molecule has 2 atom stereocenters. The van der Waals surface area contributed by atoms with Crippen LogP contribution in [0.5, 0.6) is 0 Å². The highest BCUT2D eigenvalue weighted by molar-refractivity contribution is 5.68. The fourth-order valence-corrected chi connectivity index (χ4v) is 2.49. The van der Waals surface area contributed by atoms with E-state index >= 15 is 0 Å². The zero-order chi connectivity index (χ0) is 15.3. The molecule has 0 aliphatic heterocycles. The predicted molar refractivity (Wildman–Crippen MR) is 81.0 cm³/mol. The third-order valence-corrected chi connectivity index (χ3v) is 3.38. The molecule has 6 heteroatoms. The summed E-state index contributed by atoms with van der Waals surface area (Å²) in [5.41, 5.74) is -0.450. The minimum atomic E-state index is -0.450. The number of amides is 1. The Hall–Kier alpha value is -1.85. The first-order chi connectivity index (χ1) is 9.92. The van der Waals surface area contributed by atoms with E-state index in [0.29, 0.717) is 11.9 Å². The van der Waals surface area contributed by atoms with Crippen LogP contribution in [0.4, 0.5) is 10.7 Å². The van der Waals surface area contributed by atoms with Crippen molar-refractivity contribution in [1.29, 1.82) is 0 Å². The summed E-state index contributed by atoms with van der Waals surface area (Å²) >= 11 is 0. The van der Waals surface area contributed by atoms with Crippen LogP contribution in [-0.2, 0) is 4.74 Å². The Bertz CT molecular complexity index is 458. The monoisotopic (exact) mass is 292 g/mol. The number of aromatic nitrogens is 2. The summed E-state index contributed by atoms with van der Waals surface area (Å²) in [7, 11) is 0.